The zero-order chi connectivity index (χ0) is 20.9. The van der Waals surface area contributed by atoms with Crippen molar-refractivity contribution in [2.45, 2.75) is 19.3 Å². The summed E-state index contributed by atoms with van der Waals surface area (Å²) in [6, 6.07) is 22.3. The lowest BCUT2D eigenvalue weighted by atomic mass is 10.1. The van der Waals surface area contributed by atoms with Crippen molar-refractivity contribution in [3.8, 4) is 16.9 Å². The van der Waals surface area contributed by atoms with E-state index < -0.39 is 0 Å². The van der Waals surface area contributed by atoms with Crippen LogP contribution in [0.4, 0.5) is 0 Å². The number of aromatic amines is 1. The second kappa shape index (κ2) is 8.93. The first-order chi connectivity index (χ1) is 14.6. The number of nitrogens with one attached hydrogen (secondary N) is 1. The summed E-state index contributed by atoms with van der Waals surface area (Å²) >= 11 is 6.30. The average Bonchev–Trinajstić information content (AvgIpc) is 2.76. The van der Waals surface area contributed by atoms with Crippen LogP contribution in [0.5, 0.6) is 5.75 Å². The van der Waals surface area contributed by atoms with E-state index >= 15 is 0 Å². The summed E-state index contributed by atoms with van der Waals surface area (Å²) in [5, 5.41) is 0.930. The van der Waals surface area contributed by atoms with Gasteiger partial charge in [0.1, 0.15) is 11.6 Å². The van der Waals surface area contributed by atoms with Crippen LogP contribution < -0.4 is 10.3 Å². The van der Waals surface area contributed by atoms with E-state index in [0.717, 1.165) is 11.1 Å². The summed E-state index contributed by atoms with van der Waals surface area (Å²) in [4.78, 5) is 31.5. The number of esters is 1. The highest BCUT2D eigenvalue weighted by molar-refractivity contribution is 6.32. The molecule has 1 heterocycles. The molecule has 1 aromatic heterocycles. The fourth-order valence-corrected chi connectivity index (χ4v) is 3.44. The first-order valence-electron chi connectivity index (χ1n) is 9.64. The van der Waals surface area contributed by atoms with Crippen molar-refractivity contribution in [3.05, 3.63) is 94.0 Å². The normalized spacial score (nSPS) is 10.8. The molecule has 0 fully saturated rings. The SMILES string of the molecule is O=C(CCCc1nc2ccccc2c(=O)[nH]1)Oc1ccc(-c2ccccc2)cc1Cl. The van der Waals surface area contributed by atoms with Crippen LogP contribution in [0, 0.1) is 0 Å². The van der Waals surface area contributed by atoms with Gasteiger partial charge in [0.25, 0.3) is 5.56 Å². The molecular weight excluding hydrogens is 400 g/mol. The van der Waals surface area contributed by atoms with E-state index in [1.807, 2.05) is 42.5 Å². The number of para-hydroxylation sites is 1. The molecule has 3 aromatic carbocycles. The van der Waals surface area contributed by atoms with Crippen molar-refractivity contribution in [2.75, 3.05) is 0 Å². The molecule has 4 aromatic rings. The number of hydrogen-bond donors (Lipinski definition) is 1. The maximum Gasteiger partial charge on any atom is 0.311 e. The Morgan fingerprint density at radius 2 is 1.73 bits per heavy atom. The average molecular weight is 419 g/mol. The number of benzene rings is 3. The molecule has 0 saturated heterocycles. The number of aromatic nitrogens is 2. The summed E-state index contributed by atoms with van der Waals surface area (Å²) in [5.41, 5.74) is 2.45. The van der Waals surface area contributed by atoms with Crippen molar-refractivity contribution in [2.24, 2.45) is 0 Å². The summed E-state index contributed by atoms with van der Waals surface area (Å²) in [5.74, 6) is 0.503. The molecule has 150 valence electrons. The van der Waals surface area contributed by atoms with Crippen LogP contribution in [0.15, 0.2) is 77.6 Å². The smallest absolute Gasteiger partial charge is 0.311 e. The van der Waals surface area contributed by atoms with Gasteiger partial charge in [0.15, 0.2) is 0 Å². The van der Waals surface area contributed by atoms with Crippen LogP contribution in [-0.4, -0.2) is 15.9 Å². The van der Waals surface area contributed by atoms with Crippen LogP contribution in [0.25, 0.3) is 22.0 Å². The highest BCUT2D eigenvalue weighted by Gasteiger charge is 2.11. The Hall–Kier alpha value is -3.44. The second-order valence-electron chi connectivity index (χ2n) is 6.87. The highest BCUT2D eigenvalue weighted by Crippen LogP contribution is 2.30. The zero-order valence-electron chi connectivity index (χ0n) is 16.1. The molecule has 6 heteroatoms. The monoisotopic (exact) mass is 418 g/mol. The number of H-pyrrole nitrogens is 1. The Kier molecular flexibility index (Phi) is 5.91. The standard InChI is InChI=1S/C24H19ClN2O3/c25-19-15-17(16-7-2-1-3-8-16)13-14-21(19)30-23(28)12-6-11-22-26-20-10-5-4-9-18(20)24(29)27-22/h1-5,7-10,13-15H,6,11-12H2,(H,26,27,29). The van der Waals surface area contributed by atoms with Gasteiger partial charge in [-0.15, -0.1) is 0 Å². The van der Waals surface area contributed by atoms with E-state index in [-0.39, 0.29) is 17.9 Å². The molecule has 5 nitrogen and oxygen atoms in total. The van der Waals surface area contributed by atoms with Gasteiger partial charge in [0, 0.05) is 12.8 Å². The quantitative estimate of drug-likeness (QED) is 0.346. The van der Waals surface area contributed by atoms with E-state index in [1.165, 1.54) is 0 Å². The van der Waals surface area contributed by atoms with Crippen LogP contribution in [0.1, 0.15) is 18.7 Å². The van der Waals surface area contributed by atoms with Crippen LogP contribution >= 0.6 is 11.6 Å². The first-order valence-corrected chi connectivity index (χ1v) is 10.0. The molecule has 4 rings (SSSR count). The molecule has 0 aliphatic rings. The van der Waals surface area contributed by atoms with Gasteiger partial charge in [-0.3, -0.25) is 9.59 Å². The van der Waals surface area contributed by atoms with E-state index in [9.17, 15) is 9.59 Å². The Labute approximate surface area is 178 Å². The molecule has 1 N–H and O–H groups in total. The number of hydrogen-bond acceptors (Lipinski definition) is 4. The molecular formula is C24H19ClN2O3. The van der Waals surface area contributed by atoms with Crippen molar-refractivity contribution in [1.29, 1.82) is 0 Å². The molecule has 0 amide bonds. The Morgan fingerprint density at radius 1 is 0.967 bits per heavy atom. The first kappa shape index (κ1) is 19.9. The lowest BCUT2D eigenvalue weighted by Gasteiger charge is -2.08. The fraction of sp³-hybridized carbons (Fsp3) is 0.125. The third-order valence-corrected chi connectivity index (χ3v) is 5.01. The van der Waals surface area contributed by atoms with Crippen molar-refractivity contribution in [1.82, 2.24) is 9.97 Å². The Bertz CT molecular complexity index is 1250. The second-order valence-corrected chi connectivity index (χ2v) is 7.28. The van der Waals surface area contributed by atoms with E-state index in [4.69, 9.17) is 16.3 Å². The topological polar surface area (TPSA) is 72.0 Å². The van der Waals surface area contributed by atoms with Gasteiger partial charge in [-0.25, -0.2) is 4.98 Å². The predicted octanol–water partition coefficient (Wildman–Crippen LogP) is 5.17. The minimum absolute atomic E-state index is 0.177. The van der Waals surface area contributed by atoms with Gasteiger partial charge in [0.2, 0.25) is 0 Å². The summed E-state index contributed by atoms with van der Waals surface area (Å²) in [6.45, 7) is 0. The number of nitrogens with zero attached hydrogens (tertiary/aromatic N) is 1. The Balaban J connectivity index is 1.36. The Morgan fingerprint density at radius 3 is 2.53 bits per heavy atom. The fourth-order valence-electron chi connectivity index (χ4n) is 3.22. The summed E-state index contributed by atoms with van der Waals surface area (Å²) < 4.78 is 5.40. The molecule has 0 spiro atoms. The number of rotatable bonds is 6. The number of aryl methyl sites for hydroxylation is 1. The molecule has 0 aliphatic heterocycles. The molecule has 0 radical (unpaired) electrons. The van der Waals surface area contributed by atoms with Crippen molar-refractivity contribution in [3.63, 3.8) is 0 Å². The predicted molar refractivity (Wildman–Crippen MR) is 118 cm³/mol. The summed E-state index contributed by atoms with van der Waals surface area (Å²) in [6.07, 6.45) is 1.16. The van der Waals surface area contributed by atoms with Gasteiger partial charge in [-0.05, 0) is 41.8 Å². The van der Waals surface area contributed by atoms with Gasteiger partial charge >= 0.3 is 5.97 Å². The number of carbonyl (C=O) groups excluding carboxylic acids is 1. The summed E-state index contributed by atoms with van der Waals surface area (Å²) in [7, 11) is 0. The van der Waals surface area contributed by atoms with Crippen molar-refractivity contribution >= 4 is 28.5 Å². The van der Waals surface area contributed by atoms with E-state index in [0.29, 0.717) is 40.3 Å². The number of halogens is 1. The molecule has 0 saturated carbocycles. The van der Waals surface area contributed by atoms with Crippen LogP contribution in [0.3, 0.4) is 0 Å². The maximum atomic E-state index is 12.2. The largest absolute Gasteiger partial charge is 0.425 e. The number of carbonyl (C=O) groups is 1. The van der Waals surface area contributed by atoms with Crippen molar-refractivity contribution < 1.29 is 9.53 Å². The molecule has 30 heavy (non-hydrogen) atoms. The minimum atomic E-state index is -0.382. The third-order valence-electron chi connectivity index (χ3n) is 4.72. The molecule has 0 bridgehead atoms. The van der Waals surface area contributed by atoms with Gasteiger partial charge < -0.3 is 9.72 Å². The van der Waals surface area contributed by atoms with Crippen LogP contribution in [-0.2, 0) is 11.2 Å². The molecule has 0 atom stereocenters. The third kappa shape index (κ3) is 4.58. The minimum Gasteiger partial charge on any atom is -0.425 e. The maximum absolute atomic E-state index is 12.2. The van der Waals surface area contributed by atoms with Crippen LogP contribution in [0.2, 0.25) is 5.02 Å². The number of ether oxygens (including phenoxy) is 1. The van der Waals surface area contributed by atoms with Gasteiger partial charge in [-0.2, -0.15) is 0 Å². The van der Waals surface area contributed by atoms with Gasteiger partial charge in [-0.1, -0.05) is 60.1 Å². The van der Waals surface area contributed by atoms with E-state index in [2.05, 4.69) is 9.97 Å². The molecule has 0 unspecified atom stereocenters. The van der Waals surface area contributed by atoms with Gasteiger partial charge in [0.05, 0.1) is 15.9 Å². The lowest BCUT2D eigenvalue weighted by molar-refractivity contribution is -0.134. The molecule has 0 aliphatic carbocycles. The lowest BCUT2D eigenvalue weighted by Crippen LogP contribution is -2.13. The number of fused-ring (bicyclic) bond motifs is 1. The van der Waals surface area contributed by atoms with E-state index in [1.54, 1.807) is 30.3 Å². The highest BCUT2D eigenvalue weighted by atomic mass is 35.5. The zero-order valence-corrected chi connectivity index (χ0v) is 16.9.